The van der Waals surface area contributed by atoms with Crippen molar-refractivity contribution in [1.82, 2.24) is 9.55 Å². The SMILES string of the molecule is N#Cc1cc(F)cc2c(=O)n(-c3cccc(C(N)=O)c3)cnc12. The molecule has 0 saturated carbocycles. The molecule has 0 unspecified atom stereocenters. The average Bonchev–Trinajstić information content (AvgIpc) is 2.55. The molecule has 1 aromatic heterocycles. The molecule has 23 heavy (non-hydrogen) atoms. The maximum absolute atomic E-state index is 13.6. The van der Waals surface area contributed by atoms with Gasteiger partial charge in [0.15, 0.2) is 0 Å². The summed E-state index contributed by atoms with van der Waals surface area (Å²) in [7, 11) is 0. The van der Waals surface area contributed by atoms with Gasteiger partial charge in [0.05, 0.1) is 22.2 Å². The Bertz CT molecular complexity index is 1050. The van der Waals surface area contributed by atoms with Gasteiger partial charge >= 0.3 is 0 Å². The number of nitriles is 1. The van der Waals surface area contributed by atoms with E-state index in [9.17, 15) is 14.0 Å². The quantitative estimate of drug-likeness (QED) is 0.775. The topological polar surface area (TPSA) is 102 Å². The number of carbonyl (C=O) groups excluding carboxylic acids is 1. The van der Waals surface area contributed by atoms with E-state index in [2.05, 4.69) is 4.98 Å². The molecule has 0 aliphatic carbocycles. The average molecular weight is 308 g/mol. The van der Waals surface area contributed by atoms with Gasteiger partial charge in [-0.05, 0) is 30.3 Å². The lowest BCUT2D eigenvalue weighted by atomic mass is 10.1. The fraction of sp³-hybridized carbons (Fsp3) is 0. The van der Waals surface area contributed by atoms with Crippen molar-refractivity contribution in [3.63, 3.8) is 0 Å². The van der Waals surface area contributed by atoms with Gasteiger partial charge in [-0.25, -0.2) is 9.37 Å². The molecule has 1 amide bonds. The van der Waals surface area contributed by atoms with Crippen LogP contribution < -0.4 is 11.3 Å². The third-order valence-electron chi connectivity index (χ3n) is 3.36. The van der Waals surface area contributed by atoms with E-state index in [1.807, 2.05) is 6.07 Å². The monoisotopic (exact) mass is 308 g/mol. The van der Waals surface area contributed by atoms with Gasteiger partial charge in [0, 0.05) is 5.56 Å². The number of carbonyl (C=O) groups is 1. The largest absolute Gasteiger partial charge is 0.366 e. The highest BCUT2D eigenvalue weighted by Gasteiger charge is 2.12. The highest BCUT2D eigenvalue weighted by atomic mass is 19.1. The fourth-order valence-electron chi connectivity index (χ4n) is 2.28. The Labute approximate surface area is 129 Å². The standard InChI is InChI=1S/C16H9FN4O2/c17-11-4-10(7-18)14-13(6-11)16(23)21(8-20-14)12-3-1-2-9(5-12)15(19)22/h1-6,8H,(H2,19,22). The van der Waals surface area contributed by atoms with Crippen LogP contribution in [-0.2, 0) is 0 Å². The predicted octanol–water partition coefficient (Wildman–Crippen LogP) is 1.50. The first-order valence-electron chi connectivity index (χ1n) is 6.52. The van der Waals surface area contributed by atoms with Gasteiger partial charge in [0.25, 0.3) is 5.56 Å². The summed E-state index contributed by atoms with van der Waals surface area (Å²) in [5.41, 5.74) is 5.37. The number of hydrogen-bond donors (Lipinski definition) is 1. The summed E-state index contributed by atoms with van der Waals surface area (Å²) in [6.07, 6.45) is 1.23. The molecule has 2 N–H and O–H groups in total. The Balaban J connectivity index is 2.31. The molecule has 0 radical (unpaired) electrons. The zero-order chi connectivity index (χ0) is 16.6. The summed E-state index contributed by atoms with van der Waals surface area (Å²) in [6.45, 7) is 0. The molecule has 0 aliphatic rings. The lowest BCUT2D eigenvalue weighted by Crippen LogP contribution is -2.20. The minimum atomic E-state index is -0.698. The molecule has 0 spiro atoms. The van der Waals surface area contributed by atoms with Gasteiger partial charge in [-0.15, -0.1) is 0 Å². The first-order valence-corrected chi connectivity index (χ1v) is 6.52. The second-order valence-electron chi connectivity index (χ2n) is 4.80. The van der Waals surface area contributed by atoms with Gasteiger partial charge in [-0.1, -0.05) is 6.07 Å². The van der Waals surface area contributed by atoms with E-state index in [0.717, 1.165) is 16.7 Å². The molecule has 3 aromatic rings. The molecule has 0 fully saturated rings. The molecule has 1 heterocycles. The number of benzene rings is 2. The van der Waals surface area contributed by atoms with Gasteiger partial charge < -0.3 is 5.73 Å². The second-order valence-corrected chi connectivity index (χ2v) is 4.80. The summed E-state index contributed by atoms with van der Waals surface area (Å²) in [5.74, 6) is -1.33. The summed E-state index contributed by atoms with van der Waals surface area (Å²) in [6, 6.07) is 9.96. The molecule has 3 rings (SSSR count). The van der Waals surface area contributed by atoms with Crippen LogP contribution in [0.3, 0.4) is 0 Å². The van der Waals surface area contributed by atoms with Crippen molar-refractivity contribution in [3.8, 4) is 11.8 Å². The number of rotatable bonds is 2. The van der Waals surface area contributed by atoms with Crippen molar-refractivity contribution >= 4 is 16.8 Å². The van der Waals surface area contributed by atoms with E-state index in [4.69, 9.17) is 11.0 Å². The number of fused-ring (bicyclic) bond motifs is 1. The number of amides is 1. The number of nitrogens with two attached hydrogens (primary N) is 1. The molecular formula is C16H9FN4O2. The van der Waals surface area contributed by atoms with Crippen LogP contribution in [0.5, 0.6) is 0 Å². The molecule has 7 heteroatoms. The molecule has 0 atom stereocenters. The molecule has 2 aromatic carbocycles. The van der Waals surface area contributed by atoms with Crippen LogP contribution in [-0.4, -0.2) is 15.5 Å². The molecule has 112 valence electrons. The Morgan fingerprint density at radius 3 is 2.78 bits per heavy atom. The lowest BCUT2D eigenvalue weighted by molar-refractivity contribution is 0.1000. The Morgan fingerprint density at radius 1 is 1.30 bits per heavy atom. The van der Waals surface area contributed by atoms with Crippen LogP contribution in [0.4, 0.5) is 4.39 Å². The number of halogens is 1. The highest BCUT2D eigenvalue weighted by molar-refractivity contribution is 5.93. The summed E-state index contributed by atoms with van der Waals surface area (Å²) >= 11 is 0. The van der Waals surface area contributed by atoms with E-state index >= 15 is 0 Å². The van der Waals surface area contributed by atoms with E-state index in [1.165, 1.54) is 18.5 Å². The van der Waals surface area contributed by atoms with Crippen LogP contribution >= 0.6 is 0 Å². The van der Waals surface area contributed by atoms with Crippen molar-refractivity contribution in [2.24, 2.45) is 5.73 Å². The third-order valence-corrected chi connectivity index (χ3v) is 3.36. The van der Waals surface area contributed by atoms with Crippen molar-refractivity contribution in [3.05, 3.63) is 70.0 Å². The van der Waals surface area contributed by atoms with Crippen LogP contribution in [0.25, 0.3) is 16.6 Å². The normalized spacial score (nSPS) is 10.4. The van der Waals surface area contributed by atoms with Gasteiger partial charge in [-0.2, -0.15) is 5.26 Å². The summed E-state index contributed by atoms with van der Waals surface area (Å²) in [5, 5.41) is 9.00. The summed E-state index contributed by atoms with van der Waals surface area (Å²) < 4.78 is 14.7. The fourth-order valence-corrected chi connectivity index (χ4v) is 2.28. The second kappa shape index (κ2) is 5.35. The summed E-state index contributed by atoms with van der Waals surface area (Å²) in [4.78, 5) is 27.9. The van der Waals surface area contributed by atoms with Crippen molar-refractivity contribution in [1.29, 1.82) is 5.26 Å². The van der Waals surface area contributed by atoms with E-state index < -0.39 is 17.3 Å². The molecule has 0 saturated heterocycles. The number of hydrogen-bond acceptors (Lipinski definition) is 4. The van der Waals surface area contributed by atoms with Crippen LogP contribution in [0.15, 0.2) is 47.5 Å². The van der Waals surface area contributed by atoms with E-state index in [-0.39, 0.29) is 22.0 Å². The van der Waals surface area contributed by atoms with E-state index in [1.54, 1.807) is 12.1 Å². The number of nitrogens with zero attached hydrogens (tertiary/aromatic N) is 3. The maximum atomic E-state index is 13.6. The third kappa shape index (κ3) is 2.42. The highest BCUT2D eigenvalue weighted by Crippen LogP contribution is 2.16. The van der Waals surface area contributed by atoms with Crippen molar-refractivity contribution < 1.29 is 9.18 Å². The Hall–Kier alpha value is -3.53. The van der Waals surface area contributed by atoms with Gasteiger partial charge in [0.2, 0.25) is 5.91 Å². The van der Waals surface area contributed by atoms with Crippen LogP contribution in [0.1, 0.15) is 15.9 Å². The van der Waals surface area contributed by atoms with Gasteiger partial charge in [-0.3, -0.25) is 14.2 Å². The number of primary amides is 1. The maximum Gasteiger partial charge on any atom is 0.265 e. The van der Waals surface area contributed by atoms with Crippen LogP contribution in [0.2, 0.25) is 0 Å². The molecule has 0 bridgehead atoms. The Morgan fingerprint density at radius 2 is 2.09 bits per heavy atom. The zero-order valence-electron chi connectivity index (χ0n) is 11.7. The molecule has 6 nitrogen and oxygen atoms in total. The number of aromatic nitrogens is 2. The van der Waals surface area contributed by atoms with Gasteiger partial charge in [0.1, 0.15) is 18.2 Å². The molecule has 0 aliphatic heterocycles. The first-order chi connectivity index (χ1) is 11.0. The first kappa shape index (κ1) is 14.4. The Kier molecular flexibility index (Phi) is 3.35. The minimum Gasteiger partial charge on any atom is -0.366 e. The predicted molar refractivity (Wildman–Crippen MR) is 80.5 cm³/mol. The lowest BCUT2D eigenvalue weighted by Gasteiger charge is -2.08. The van der Waals surface area contributed by atoms with Crippen LogP contribution in [0, 0.1) is 17.1 Å². The van der Waals surface area contributed by atoms with Crippen molar-refractivity contribution in [2.45, 2.75) is 0 Å². The van der Waals surface area contributed by atoms with E-state index in [0.29, 0.717) is 5.69 Å². The molecular weight excluding hydrogens is 299 g/mol. The van der Waals surface area contributed by atoms with Crippen molar-refractivity contribution in [2.75, 3.05) is 0 Å². The zero-order valence-corrected chi connectivity index (χ0v) is 11.7. The minimum absolute atomic E-state index is 0.0184. The smallest absolute Gasteiger partial charge is 0.265 e.